The summed E-state index contributed by atoms with van der Waals surface area (Å²) in [6, 6.07) is -0.160. The van der Waals surface area contributed by atoms with E-state index in [1.165, 1.54) is 12.8 Å². The van der Waals surface area contributed by atoms with Gasteiger partial charge in [-0.3, -0.25) is 0 Å². The second-order valence-corrected chi connectivity index (χ2v) is 5.83. The summed E-state index contributed by atoms with van der Waals surface area (Å²) in [7, 11) is 9.75. The first kappa shape index (κ1) is 12.2. The van der Waals surface area contributed by atoms with Crippen LogP contribution in [0.5, 0.6) is 0 Å². The van der Waals surface area contributed by atoms with Gasteiger partial charge < -0.3 is 11.5 Å². The van der Waals surface area contributed by atoms with Crippen molar-refractivity contribution in [2.75, 3.05) is 0 Å². The zero-order valence-electron chi connectivity index (χ0n) is 6.06. The van der Waals surface area contributed by atoms with Crippen LogP contribution in [0, 0.1) is 0 Å². The van der Waals surface area contributed by atoms with E-state index in [2.05, 4.69) is 0 Å². The molecule has 5 heteroatoms. The van der Waals surface area contributed by atoms with E-state index >= 15 is 0 Å². The van der Waals surface area contributed by atoms with Crippen molar-refractivity contribution in [1.29, 1.82) is 0 Å². The molecule has 2 atom stereocenters. The largest absolute Gasteiger partial charge is 0.676 e. The Hall–Kier alpha value is 1.19. The number of hydrogen-bond donors (Lipinski definition) is 0. The van der Waals surface area contributed by atoms with Gasteiger partial charge >= 0.3 is 35.3 Å². The second-order valence-electron chi connectivity index (χ2n) is 2.54. The average Bonchev–Trinajstić information content (AvgIpc) is 1.97. The van der Waals surface area contributed by atoms with E-state index in [9.17, 15) is 0 Å². The van der Waals surface area contributed by atoms with Crippen molar-refractivity contribution in [3.05, 3.63) is 11.5 Å². The van der Waals surface area contributed by atoms with Crippen molar-refractivity contribution >= 4 is 18.8 Å². The van der Waals surface area contributed by atoms with Crippen LogP contribution >= 0.6 is 18.8 Å². The molecule has 0 heterocycles. The number of halogens is 2. The Kier molecular flexibility index (Phi) is 8.66. The van der Waals surface area contributed by atoms with Gasteiger partial charge in [0.05, 0.1) is 0 Å². The average molecular weight is 378 g/mol. The van der Waals surface area contributed by atoms with E-state index in [0.29, 0.717) is 0 Å². The molecule has 0 aromatic heterocycles. The Bertz CT molecular complexity index is 84.7. The first-order chi connectivity index (χ1) is 5.22. The van der Waals surface area contributed by atoms with E-state index in [4.69, 9.17) is 30.3 Å². The minimum Gasteiger partial charge on any atom is -0.676 e. The molecule has 0 amide bonds. The minimum atomic E-state index is -0.472. The standard InChI is InChI=1S/C6H12N2.2ClH.Pt/c7-5-3-1-2-4-6(5)8;;;/h5-8H,1-4H2;2*1H;/q-2;;;+4/p-2/t5-,6-;;;/m1.../s1. The fourth-order valence-corrected chi connectivity index (χ4v) is 1.13. The third kappa shape index (κ3) is 6.36. The second kappa shape index (κ2) is 7.82. The molecule has 0 aromatic carbocycles. The molecule has 0 aromatic rings. The molecule has 1 fully saturated rings. The molecule has 11 heavy (non-hydrogen) atoms. The van der Waals surface area contributed by atoms with Crippen molar-refractivity contribution in [2.24, 2.45) is 0 Å². The van der Waals surface area contributed by atoms with Gasteiger partial charge in [0.25, 0.3) is 0 Å². The minimum absolute atomic E-state index is 0.0799. The van der Waals surface area contributed by atoms with Gasteiger partial charge in [-0.25, -0.2) is 0 Å². The van der Waals surface area contributed by atoms with Crippen molar-refractivity contribution < 1.29 is 16.5 Å². The summed E-state index contributed by atoms with van der Waals surface area (Å²) < 4.78 is 0. The van der Waals surface area contributed by atoms with E-state index < -0.39 is 16.5 Å². The maximum absolute atomic E-state index is 7.29. The van der Waals surface area contributed by atoms with Crippen molar-refractivity contribution in [1.82, 2.24) is 0 Å². The summed E-state index contributed by atoms with van der Waals surface area (Å²) in [5.41, 5.74) is 14.6. The fraction of sp³-hybridized carbons (Fsp3) is 1.00. The van der Waals surface area contributed by atoms with Gasteiger partial charge in [-0.15, -0.1) is 0 Å². The molecular formula is C6H12Cl2N2Pt. The first-order valence-corrected chi connectivity index (χ1v) is 9.10. The third-order valence-electron chi connectivity index (χ3n) is 1.77. The Morgan fingerprint density at radius 1 is 1.00 bits per heavy atom. The van der Waals surface area contributed by atoms with Crippen molar-refractivity contribution in [3.63, 3.8) is 0 Å². The quantitative estimate of drug-likeness (QED) is 0.616. The summed E-state index contributed by atoms with van der Waals surface area (Å²) in [6.45, 7) is 0. The van der Waals surface area contributed by atoms with Crippen LogP contribution in [0.2, 0.25) is 0 Å². The van der Waals surface area contributed by atoms with Crippen LogP contribution in [0.4, 0.5) is 0 Å². The molecule has 0 unspecified atom stereocenters. The number of hydrogen-bond acceptors (Lipinski definition) is 0. The van der Waals surface area contributed by atoms with Gasteiger partial charge in [0.15, 0.2) is 0 Å². The summed E-state index contributed by atoms with van der Waals surface area (Å²) >= 11 is -0.472. The van der Waals surface area contributed by atoms with Crippen molar-refractivity contribution in [3.8, 4) is 0 Å². The number of nitrogens with one attached hydrogen (secondary N) is 2. The molecule has 0 bridgehead atoms. The van der Waals surface area contributed by atoms with Gasteiger partial charge in [0.2, 0.25) is 0 Å². The molecule has 0 saturated heterocycles. The van der Waals surface area contributed by atoms with E-state index in [1.54, 1.807) is 0 Å². The molecule has 0 radical (unpaired) electrons. The van der Waals surface area contributed by atoms with Crippen LogP contribution in [0.1, 0.15) is 25.7 Å². The summed E-state index contributed by atoms with van der Waals surface area (Å²) in [5.74, 6) is 0. The maximum Gasteiger partial charge on any atom is -0.0548 e. The van der Waals surface area contributed by atoms with E-state index in [-0.39, 0.29) is 12.1 Å². The van der Waals surface area contributed by atoms with Crippen LogP contribution < -0.4 is 0 Å². The van der Waals surface area contributed by atoms with Crippen LogP contribution in [-0.4, -0.2) is 12.1 Å². The van der Waals surface area contributed by atoms with Crippen LogP contribution in [0.25, 0.3) is 11.5 Å². The van der Waals surface area contributed by atoms with Gasteiger partial charge in [-0.05, 0) is 0 Å². The molecular weight excluding hydrogens is 366 g/mol. The number of rotatable bonds is 0. The molecule has 2 nitrogen and oxygen atoms in total. The van der Waals surface area contributed by atoms with Crippen LogP contribution in [0.3, 0.4) is 0 Å². The molecule has 1 aliphatic rings. The molecule has 70 valence electrons. The van der Waals surface area contributed by atoms with E-state index in [1.807, 2.05) is 0 Å². The van der Waals surface area contributed by atoms with Gasteiger partial charge in [-0.2, -0.15) is 12.1 Å². The van der Waals surface area contributed by atoms with Gasteiger partial charge in [-0.1, -0.05) is 25.7 Å². The molecule has 0 spiro atoms. The van der Waals surface area contributed by atoms with Crippen molar-refractivity contribution in [2.45, 2.75) is 37.8 Å². The summed E-state index contributed by atoms with van der Waals surface area (Å²) in [6.07, 6.45) is 4.25. The Morgan fingerprint density at radius 2 is 1.27 bits per heavy atom. The third-order valence-corrected chi connectivity index (χ3v) is 1.77. The molecule has 1 saturated carbocycles. The molecule has 0 aliphatic heterocycles. The normalized spacial score (nSPS) is 30.9. The molecule has 1 rings (SSSR count). The summed E-state index contributed by atoms with van der Waals surface area (Å²) in [5, 5.41) is 0. The molecule has 1 aliphatic carbocycles. The molecule has 2 N–H and O–H groups in total. The predicted octanol–water partition coefficient (Wildman–Crippen LogP) is 3.78. The zero-order chi connectivity index (χ0) is 8.69. The zero-order valence-corrected chi connectivity index (χ0v) is 9.84. The topological polar surface area (TPSA) is 47.6 Å². The Labute approximate surface area is 84.4 Å². The smallest absolute Gasteiger partial charge is 0.0548 e. The van der Waals surface area contributed by atoms with Crippen LogP contribution in [-0.2, 0) is 16.5 Å². The monoisotopic (exact) mass is 377 g/mol. The Morgan fingerprint density at radius 3 is 1.45 bits per heavy atom. The Balaban J connectivity index is 0.000000292. The van der Waals surface area contributed by atoms with Crippen LogP contribution in [0.15, 0.2) is 0 Å². The fourth-order valence-electron chi connectivity index (χ4n) is 1.13. The van der Waals surface area contributed by atoms with Gasteiger partial charge in [0, 0.05) is 0 Å². The maximum atomic E-state index is 7.29. The van der Waals surface area contributed by atoms with Gasteiger partial charge in [0.1, 0.15) is 0 Å². The summed E-state index contributed by atoms with van der Waals surface area (Å²) in [4.78, 5) is 0. The SMILES string of the molecule is [Cl][Pt+2][Cl].[NH-][C@@H]1CCCC[C@H]1[NH-]. The first-order valence-electron chi connectivity index (χ1n) is 3.47. The van der Waals surface area contributed by atoms with E-state index in [0.717, 1.165) is 12.8 Å². The predicted molar refractivity (Wildman–Crippen MR) is 46.4 cm³/mol.